The van der Waals surface area contributed by atoms with Crippen LogP contribution in [0.4, 0.5) is 14.5 Å². The predicted octanol–water partition coefficient (Wildman–Crippen LogP) is 2.66. The Balaban J connectivity index is 2.13. The van der Waals surface area contributed by atoms with Gasteiger partial charge in [-0.25, -0.2) is 14.8 Å². The fourth-order valence-electron chi connectivity index (χ4n) is 4.66. The minimum Gasteiger partial charge on any atom is -0.480 e. The molecule has 196 valence electrons. The van der Waals surface area contributed by atoms with Gasteiger partial charge in [0.05, 0.1) is 0 Å². The maximum atomic E-state index is 13.2. The minimum absolute atomic E-state index is 0.00398. The number of amides is 1. The number of aliphatic carboxylic acids is 1. The number of rotatable bonds is 11. The number of aliphatic hydroxyl groups is 1. The lowest BCUT2D eigenvalue weighted by molar-refractivity contribution is -0.143. The molecular formula is C25H32F2N4O5. The number of benzene rings is 1. The Morgan fingerprint density at radius 3 is 2.36 bits per heavy atom. The molecule has 0 bridgehead atoms. The van der Waals surface area contributed by atoms with Crippen LogP contribution in [0.5, 0.6) is 5.88 Å². The van der Waals surface area contributed by atoms with Crippen molar-refractivity contribution in [2.45, 2.75) is 51.7 Å². The summed E-state index contributed by atoms with van der Waals surface area (Å²) >= 11 is 0. The summed E-state index contributed by atoms with van der Waals surface area (Å²) in [5.74, 6) is -3.05. The van der Waals surface area contributed by atoms with Crippen LogP contribution in [-0.4, -0.2) is 64.4 Å². The van der Waals surface area contributed by atoms with Gasteiger partial charge in [-0.3, -0.25) is 9.80 Å². The minimum atomic E-state index is -3.20. The monoisotopic (exact) mass is 506 g/mol. The van der Waals surface area contributed by atoms with Gasteiger partial charge in [-0.15, -0.1) is 0 Å². The van der Waals surface area contributed by atoms with Crippen LogP contribution >= 0.6 is 0 Å². The van der Waals surface area contributed by atoms with Gasteiger partial charge in [0.2, 0.25) is 11.8 Å². The molecule has 2 aromatic rings. The summed E-state index contributed by atoms with van der Waals surface area (Å²) in [5.41, 5.74) is 6.79. The molecule has 0 saturated carbocycles. The van der Waals surface area contributed by atoms with Gasteiger partial charge in [0.15, 0.2) is 0 Å². The number of aryl methyl sites for hydroxylation is 1. The van der Waals surface area contributed by atoms with Crippen LogP contribution in [0, 0.1) is 12.8 Å². The van der Waals surface area contributed by atoms with Gasteiger partial charge in [-0.1, -0.05) is 45.0 Å². The van der Waals surface area contributed by atoms with E-state index in [1.165, 1.54) is 18.0 Å². The van der Waals surface area contributed by atoms with E-state index in [0.29, 0.717) is 5.69 Å². The summed E-state index contributed by atoms with van der Waals surface area (Å²) in [6, 6.07) is 9.02. The number of aromatic nitrogens is 1. The van der Waals surface area contributed by atoms with Crippen molar-refractivity contribution in [3.8, 4) is 5.88 Å². The van der Waals surface area contributed by atoms with Crippen LogP contribution < -0.4 is 15.5 Å². The predicted molar refractivity (Wildman–Crippen MR) is 129 cm³/mol. The van der Waals surface area contributed by atoms with Crippen LogP contribution in [0.3, 0.4) is 0 Å². The van der Waals surface area contributed by atoms with Gasteiger partial charge in [0, 0.05) is 31.3 Å². The van der Waals surface area contributed by atoms with Crippen LogP contribution in [0.2, 0.25) is 0 Å². The number of aliphatic hydroxyl groups excluding tert-OH is 1. The van der Waals surface area contributed by atoms with Crippen molar-refractivity contribution in [3.05, 3.63) is 53.2 Å². The number of halogens is 2. The first-order valence-corrected chi connectivity index (χ1v) is 11.6. The summed E-state index contributed by atoms with van der Waals surface area (Å²) in [6.45, 7) is 3.40. The lowest BCUT2D eigenvalue weighted by Crippen LogP contribution is -2.72. The lowest BCUT2D eigenvalue weighted by Gasteiger charge is -2.55. The number of nitrogens with zero attached hydrogens (tertiary/aromatic N) is 3. The number of hydrogen-bond acceptors (Lipinski definition) is 7. The molecule has 1 aromatic carbocycles. The topological polar surface area (TPSA) is 129 Å². The number of carboxylic acid groups (broad SMARTS) is 1. The van der Waals surface area contributed by atoms with Crippen molar-refractivity contribution < 1.29 is 33.3 Å². The summed E-state index contributed by atoms with van der Waals surface area (Å²) in [6.07, 6.45) is 0. The van der Waals surface area contributed by atoms with Gasteiger partial charge in [0.25, 0.3) is 0 Å². The zero-order valence-corrected chi connectivity index (χ0v) is 20.7. The second kappa shape index (κ2) is 10.8. The second-order valence-corrected chi connectivity index (χ2v) is 9.45. The van der Waals surface area contributed by atoms with E-state index in [1.54, 1.807) is 24.1 Å². The molecule has 2 heterocycles. The molecule has 1 aliphatic heterocycles. The van der Waals surface area contributed by atoms with E-state index < -0.39 is 48.3 Å². The first-order chi connectivity index (χ1) is 16.9. The Labute approximate surface area is 208 Å². The highest BCUT2D eigenvalue weighted by atomic mass is 19.3. The van der Waals surface area contributed by atoms with Crippen molar-refractivity contribution in [3.63, 3.8) is 0 Å². The summed E-state index contributed by atoms with van der Waals surface area (Å²) in [5, 5.41) is 22.7. The van der Waals surface area contributed by atoms with Gasteiger partial charge in [-0.05, 0) is 36.1 Å². The van der Waals surface area contributed by atoms with E-state index in [-0.39, 0.29) is 24.7 Å². The number of anilines is 1. The van der Waals surface area contributed by atoms with Gasteiger partial charge >= 0.3 is 12.6 Å². The van der Waals surface area contributed by atoms with Crippen molar-refractivity contribution >= 4 is 17.6 Å². The molecule has 1 amide bonds. The molecule has 2 atom stereocenters. The third-order valence-electron chi connectivity index (χ3n) is 6.55. The van der Waals surface area contributed by atoms with Crippen molar-refractivity contribution in [1.29, 1.82) is 0 Å². The number of carboxylic acids is 1. The first kappa shape index (κ1) is 27.3. The fraction of sp³-hybridized carbons (Fsp3) is 0.480. The van der Waals surface area contributed by atoms with Crippen LogP contribution in [0.1, 0.15) is 43.5 Å². The van der Waals surface area contributed by atoms with Crippen molar-refractivity contribution in [2.24, 2.45) is 11.7 Å². The molecule has 9 nitrogen and oxygen atoms in total. The number of carbonyl (C=O) groups excluding carboxylic acids is 1. The average Bonchev–Trinajstić information content (AvgIpc) is 2.77. The maximum absolute atomic E-state index is 13.2. The molecule has 1 aromatic heterocycles. The van der Waals surface area contributed by atoms with E-state index >= 15 is 0 Å². The average molecular weight is 507 g/mol. The molecule has 4 N–H and O–H groups in total. The number of hydrazine groups is 1. The highest BCUT2D eigenvalue weighted by molar-refractivity contribution is 5.89. The Hall–Kier alpha value is -3.31. The molecule has 1 aliphatic rings. The number of pyridine rings is 1. The fourth-order valence-corrected chi connectivity index (χ4v) is 4.66. The normalized spacial score (nSPS) is 16.9. The van der Waals surface area contributed by atoms with E-state index in [2.05, 4.69) is 9.72 Å². The van der Waals surface area contributed by atoms with Crippen LogP contribution in [0.25, 0.3) is 0 Å². The van der Waals surface area contributed by atoms with Crippen LogP contribution in [0.15, 0.2) is 36.4 Å². The van der Waals surface area contributed by atoms with Gasteiger partial charge < -0.3 is 20.7 Å². The largest absolute Gasteiger partial charge is 0.480 e. The number of nitrogens with two attached hydrogens (primary N) is 1. The molecule has 36 heavy (non-hydrogen) atoms. The zero-order chi connectivity index (χ0) is 26.8. The zero-order valence-electron chi connectivity index (χ0n) is 20.7. The number of primary amides is 1. The van der Waals surface area contributed by atoms with E-state index in [1.807, 2.05) is 32.0 Å². The third-order valence-corrected chi connectivity index (χ3v) is 6.55. The Bertz CT molecular complexity index is 1110. The molecule has 3 rings (SSSR count). The van der Waals surface area contributed by atoms with Crippen LogP contribution in [-0.2, 0) is 15.0 Å². The molecule has 0 radical (unpaired) electrons. The molecule has 0 aliphatic carbocycles. The summed E-state index contributed by atoms with van der Waals surface area (Å²) in [4.78, 5) is 29.3. The van der Waals surface area contributed by atoms with Gasteiger partial charge in [-0.2, -0.15) is 8.78 Å². The highest BCUT2D eigenvalue weighted by Crippen LogP contribution is 2.43. The van der Waals surface area contributed by atoms with Crippen molar-refractivity contribution in [1.82, 2.24) is 9.99 Å². The Morgan fingerprint density at radius 1 is 1.19 bits per heavy atom. The van der Waals surface area contributed by atoms with E-state index in [4.69, 9.17) is 5.73 Å². The molecular weight excluding hydrogens is 474 g/mol. The molecule has 0 unspecified atom stereocenters. The van der Waals surface area contributed by atoms with E-state index in [9.17, 15) is 28.6 Å². The lowest BCUT2D eigenvalue weighted by atomic mass is 9.70. The summed E-state index contributed by atoms with van der Waals surface area (Å²) in [7, 11) is 0. The third kappa shape index (κ3) is 5.12. The smallest absolute Gasteiger partial charge is 0.388 e. The second-order valence-electron chi connectivity index (χ2n) is 9.45. The molecule has 11 heteroatoms. The number of carbonyl (C=O) groups is 2. The first-order valence-electron chi connectivity index (χ1n) is 11.6. The SMILES string of the molecule is Cc1ccc(N([C@@H](C(=O)O)[C@@H](C)CO)N2CC(C(N)=O)(c3ccccc3C(C)C)C2)c(OC(F)F)n1. The standard InChI is InChI=1S/C25H32F2N4O5/c1-14(2)17-7-5-6-8-18(17)25(23(28)35)12-30(13-25)31(20(22(33)34)15(3)11-32)19-10-9-16(4)29-21(19)36-24(26)27/h5-10,14-15,20,24,32H,11-13H2,1-4H3,(H2,28,35)(H,33,34)/t15-,20+/m0/s1. The Kier molecular flexibility index (Phi) is 8.15. The highest BCUT2D eigenvalue weighted by Gasteiger charge is 2.54. The quantitative estimate of drug-likeness (QED) is 0.424. The number of alkyl halides is 2. The van der Waals surface area contributed by atoms with E-state index in [0.717, 1.165) is 11.1 Å². The summed E-state index contributed by atoms with van der Waals surface area (Å²) < 4.78 is 31.1. The number of ether oxygens (including phenoxy) is 1. The van der Waals surface area contributed by atoms with Gasteiger partial charge in [0.1, 0.15) is 17.1 Å². The molecule has 0 spiro atoms. The van der Waals surface area contributed by atoms with Crippen molar-refractivity contribution in [2.75, 3.05) is 24.7 Å². The molecule has 1 saturated heterocycles. The molecule has 1 fully saturated rings. The number of hydrogen-bond donors (Lipinski definition) is 3. The maximum Gasteiger partial charge on any atom is 0.388 e. The Morgan fingerprint density at radius 2 is 1.83 bits per heavy atom.